The topological polar surface area (TPSA) is 38.3 Å². The third-order valence-electron chi connectivity index (χ3n) is 1.53. The Bertz CT molecular complexity index is 293. The van der Waals surface area contributed by atoms with E-state index in [0.717, 1.165) is 10.6 Å². The summed E-state index contributed by atoms with van der Waals surface area (Å²) >= 11 is 1.41. The molecule has 0 aliphatic carbocycles. The number of thiophene rings is 1. The Balaban J connectivity index is 2.96. The van der Waals surface area contributed by atoms with Crippen molar-refractivity contribution in [1.82, 2.24) is 0 Å². The fourth-order valence-electron chi connectivity index (χ4n) is 0.931. The highest BCUT2D eigenvalue weighted by molar-refractivity contribution is 7.18. The van der Waals surface area contributed by atoms with Gasteiger partial charge in [0.1, 0.15) is 4.88 Å². The predicted octanol–water partition coefficient (Wildman–Crippen LogP) is 1.88. The SMILES string of the molecule is CNc1sc(C(=O)OC)cc1C. The van der Waals surface area contributed by atoms with Crippen LogP contribution in [0.2, 0.25) is 0 Å². The highest BCUT2D eigenvalue weighted by Crippen LogP contribution is 2.26. The van der Waals surface area contributed by atoms with Crippen LogP contribution in [0.1, 0.15) is 15.2 Å². The zero-order valence-electron chi connectivity index (χ0n) is 7.30. The van der Waals surface area contributed by atoms with E-state index < -0.39 is 0 Å². The smallest absolute Gasteiger partial charge is 0.348 e. The van der Waals surface area contributed by atoms with Gasteiger partial charge in [-0.15, -0.1) is 11.3 Å². The molecule has 0 saturated carbocycles. The number of hydrogen-bond acceptors (Lipinski definition) is 4. The molecule has 0 atom stereocenters. The second kappa shape index (κ2) is 3.58. The fraction of sp³-hybridized carbons (Fsp3) is 0.375. The molecule has 0 spiro atoms. The number of carbonyl (C=O) groups excluding carboxylic acids is 1. The maximum Gasteiger partial charge on any atom is 0.348 e. The number of ether oxygens (including phenoxy) is 1. The highest BCUT2D eigenvalue weighted by atomic mass is 32.1. The molecule has 0 amide bonds. The minimum absolute atomic E-state index is 0.274. The van der Waals surface area contributed by atoms with E-state index in [0.29, 0.717) is 4.88 Å². The van der Waals surface area contributed by atoms with Crippen LogP contribution in [0.4, 0.5) is 5.00 Å². The van der Waals surface area contributed by atoms with E-state index in [2.05, 4.69) is 10.1 Å². The summed E-state index contributed by atoms with van der Waals surface area (Å²) in [7, 11) is 3.22. The van der Waals surface area contributed by atoms with Gasteiger partial charge in [-0.2, -0.15) is 0 Å². The fourth-order valence-corrected chi connectivity index (χ4v) is 1.88. The van der Waals surface area contributed by atoms with Crippen LogP contribution < -0.4 is 5.32 Å². The number of anilines is 1. The number of esters is 1. The second-order valence-electron chi connectivity index (χ2n) is 2.36. The predicted molar refractivity (Wildman–Crippen MR) is 49.9 cm³/mol. The van der Waals surface area contributed by atoms with Gasteiger partial charge in [-0.1, -0.05) is 0 Å². The molecular formula is C8H11NO2S. The highest BCUT2D eigenvalue weighted by Gasteiger charge is 2.10. The Morgan fingerprint density at radius 3 is 2.75 bits per heavy atom. The molecule has 0 fully saturated rings. The number of nitrogens with one attached hydrogen (secondary N) is 1. The summed E-state index contributed by atoms with van der Waals surface area (Å²) in [6.45, 7) is 1.95. The van der Waals surface area contributed by atoms with Crippen LogP contribution in [0, 0.1) is 6.92 Å². The molecule has 0 aromatic carbocycles. The van der Waals surface area contributed by atoms with Gasteiger partial charge < -0.3 is 10.1 Å². The second-order valence-corrected chi connectivity index (χ2v) is 3.42. The summed E-state index contributed by atoms with van der Waals surface area (Å²) in [4.78, 5) is 11.7. The van der Waals surface area contributed by atoms with Crippen molar-refractivity contribution in [3.63, 3.8) is 0 Å². The summed E-state index contributed by atoms with van der Waals surface area (Å²) in [5, 5.41) is 4.01. The van der Waals surface area contributed by atoms with Crippen LogP contribution in [0.3, 0.4) is 0 Å². The molecule has 0 bridgehead atoms. The van der Waals surface area contributed by atoms with Gasteiger partial charge in [0.15, 0.2) is 0 Å². The van der Waals surface area contributed by atoms with Crippen molar-refractivity contribution < 1.29 is 9.53 Å². The summed E-state index contributed by atoms with van der Waals surface area (Å²) in [6.07, 6.45) is 0. The quantitative estimate of drug-likeness (QED) is 0.715. The van der Waals surface area contributed by atoms with E-state index >= 15 is 0 Å². The maximum atomic E-state index is 11.1. The largest absolute Gasteiger partial charge is 0.465 e. The van der Waals surface area contributed by atoms with E-state index in [1.807, 2.05) is 20.0 Å². The lowest BCUT2D eigenvalue weighted by atomic mass is 10.3. The van der Waals surface area contributed by atoms with Crippen molar-refractivity contribution in [3.8, 4) is 0 Å². The Labute approximate surface area is 75.4 Å². The molecule has 1 rings (SSSR count). The molecule has 1 N–H and O–H groups in total. The Kier molecular flexibility index (Phi) is 2.70. The van der Waals surface area contributed by atoms with Crippen LogP contribution in [-0.2, 0) is 4.74 Å². The minimum Gasteiger partial charge on any atom is -0.465 e. The van der Waals surface area contributed by atoms with Crippen molar-refractivity contribution in [1.29, 1.82) is 0 Å². The van der Waals surface area contributed by atoms with Crippen LogP contribution in [0.5, 0.6) is 0 Å². The average Bonchev–Trinajstić information content (AvgIpc) is 2.45. The molecule has 0 saturated heterocycles. The zero-order valence-corrected chi connectivity index (χ0v) is 8.12. The molecule has 1 aromatic heterocycles. The maximum absolute atomic E-state index is 11.1. The number of aryl methyl sites for hydroxylation is 1. The van der Waals surface area contributed by atoms with E-state index in [1.165, 1.54) is 18.4 Å². The Morgan fingerprint density at radius 2 is 2.33 bits per heavy atom. The third kappa shape index (κ3) is 1.58. The molecule has 0 aliphatic rings. The molecule has 0 aliphatic heterocycles. The summed E-state index contributed by atoms with van der Waals surface area (Å²) in [5.74, 6) is -0.274. The van der Waals surface area contributed by atoms with Crippen molar-refractivity contribution in [3.05, 3.63) is 16.5 Å². The van der Waals surface area contributed by atoms with Crippen LogP contribution in [-0.4, -0.2) is 20.1 Å². The first-order valence-corrected chi connectivity index (χ1v) is 4.37. The number of hydrogen-bond donors (Lipinski definition) is 1. The zero-order chi connectivity index (χ0) is 9.14. The van der Waals surface area contributed by atoms with Gasteiger partial charge in [-0.3, -0.25) is 0 Å². The standard InChI is InChI=1S/C8H11NO2S/c1-5-4-6(8(10)11-3)12-7(5)9-2/h4,9H,1-3H3. The average molecular weight is 185 g/mol. The lowest BCUT2D eigenvalue weighted by molar-refractivity contribution is 0.0606. The molecule has 66 valence electrons. The number of methoxy groups -OCH3 is 1. The first-order chi connectivity index (χ1) is 5.69. The van der Waals surface area contributed by atoms with Gasteiger partial charge >= 0.3 is 5.97 Å². The van der Waals surface area contributed by atoms with Crippen molar-refractivity contribution in [2.24, 2.45) is 0 Å². The third-order valence-corrected chi connectivity index (χ3v) is 2.77. The molecule has 0 radical (unpaired) electrons. The van der Waals surface area contributed by atoms with Gasteiger partial charge in [0.2, 0.25) is 0 Å². The van der Waals surface area contributed by atoms with E-state index in [1.54, 1.807) is 0 Å². The summed E-state index contributed by atoms with van der Waals surface area (Å²) in [5.41, 5.74) is 1.07. The van der Waals surface area contributed by atoms with E-state index in [-0.39, 0.29) is 5.97 Å². The van der Waals surface area contributed by atoms with Crippen molar-refractivity contribution >= 4 is 22.3 Å². The van der Waals surface area contributed by atoms with Crippen LogP contribution in [0.25, 0.3) is 0 Å². The molecular weight excluding hydrogens is 174 g/mol. The Morgan fingerprint density at radius 1 is 1.67 bits per heavy atom. The lowest BCUT2D eigenvalue weighted by Gasteiger charge is -1.93. The molecule has 1 aromatic rings. The van der Waals surface area contributed by atoms with Crippen molar-refractivity contribution in [2.45, 2.75) is 6.92 Å². The van der Waals surface area contributed by atoms with Crippen LogP contribution in [0.15, 0.2) is 6.07 Å². The first kappa shape index (κ1) is 9.06. The van der Waals surface area contributed by atoms with Crippen molar-refractivity contribution in [2.75, 3.05) is 19.5 Å². The minimum atomic E-state index is -0.274. The summed E-state index contributed by atoms with van der Waals surface area (Å²) in [6, 6.07) is 1.82. The lowest BCUT2D eigenvalue weighted by Crippen LogP contribution is -1.96. The first-order valence-electron chi connectivity index (χ1n) is 3.55. The van der Waals surface area contributed by atoms with Gasteiger partial charge in [0, 0.05) is 7.05 Å². The summed E-state index contributed by atoms with van der Waals surface area (Å²) < 4.78 is 4.59. The molecule has 0 unspecified atom stereocenters. The van der Waals surface area contributed by atoms with Gasteiger partial charge in [0.05, 0.1) is 12.1 Å². The van der Waals surface area contributed by atoms with Crippen LogP contribution >= 0.6 is 11.3 Å². The number of rotatable bonds is 2. The molecule has 3 nitrogen and oxygen atoms in total. The van der Waals surface area contributed by atoms with Gasteiger partial charge in [-0.25, -0.2) is 4.79 Å². The molecule has 12 heavy (non-hydrogen) atoms. The van der Waals surface area contributed by atoms with Gasteiger partial charge in [-0.05, 0) is 18.6 Å². The normalized spacial score (nSPS) is 9.58. The van der Waals surface area contributed by atoms with Gasteiger partial charge in [0.25, 0.3) is 0 Å². The molecule has 4 heteroatoms. The molecule has 1 heterocycles. The number of carbonyl (C=O) groups is 1. The monoisotopic (exact) mass is 185 g/mol. The van der Waals surface area contributed by atoms with E-state index in [4.69, 9.17) is 0 Å². The van der Waals surface area contributed by atoms with E-state index in [9.17, 15) is 4.79 Å². The Hall–Kier alpha value is -1.03.